The highest BCUT2D eigenvalue weighted by atomic mass is 14.9. The Morgan fingerprint density at radius 2 is 0.673 bits per heavy atom. The van der Waals surface area contributed by atoms with Crippen LogP contribution in [0.3, 0.4) is 0 Å². The molecule has 0 aliphatic heterocycles. The molecule has 0 atom stereocenters. The van der Waals surface area contributed by atoms with Gasteiger partial charge in [0.25, 0.3) is 0 Å². The zero-order valence-electron chi connectivity index (χ0n) is 27.2. The molecule has 0 saturated carbocycles. The van der Waals surface area contributed by atoms with Gasteiger partial charge in [-0.1, -0.05) is 164 Å². The molecule has 8 aromatic rings. The third-order valence-corrected chi connectivity index (χ3v) is 8.88. The summed E-state index contributed by atoms with van der Waals surface area (Å²) in [5.74, 6) is 0.709. The molecule has 3 heteroatoms. The van der Waals surface area contributed by atoms with Crippen LogP contribution in [0.25, 0.3) is 78.7 Å². The molecule has 0 amide bonds. The molecule has 0 aliphatic rings. The van der Waals surface area contributed by atoms with Crippen LogP contribution in [0.2, 0.25) is 0 Å². The molecular weight excluding hydrogens is 595 g/mol. The summed E-state index contributed by atoms with van der Waals surface area (Å²) in [5, 5.41) is 0. The molecule has 2 aromatic heterocycles. The number of rotatable bonds is 7. The summed E-state index contributed by atoms with van der Waals surface area (Å²) < 4.78 is 0. The average Bonchev–Trinajstić information content (AvgIpc) is 3.19. The van der Waals surface area contributed by atoms with Crippen LogP contribution < -0.4 is 0 Å². The molecule has 0 radical (unpaired) electrons. The van der Waals surface area contributed by atoms with E-state index in [1.807, 2.05) is 24.3 Å². The van der Waals surface area contributed by atoms with Crippen LogP contribution in [0.15, 0.2) is 182 Å². The molecule has 0 aliphatic carbocycles. The fourth-order valence-corrected chi connectivity index (χ4v) is 6.30. The third-order valence-electron chi connectivity index (χ3n) is 8.88. The van der Waals surface area contributed by atoms with Crippen molar-refractivity contribution in [2.75, 3.05) is 0 Å². The first-order chi connectivity index (χ1) is 24.2. The van der Waals surface area contributed by atoms with Gasteiger partial charge in [-0.25, -0.2) is 15.0 Å². The van der Waals surface area contributed by atoms with Crippen molar-refractivity contribution in [2.24, 2.45) is 0 Å². The smallest absolute Gasteiger partial charge is 0.160 e. The highest BCUT2D eigenvalue weighted by molar-refractivity contribution is 5.80. The van der Waals surface area contributed by atoms with Crippen molar-refractivity contribution >= 4 is 0 Å². The Labute approximate surface area is 287 Å². The lowest BCUT2D eigenvalue weighted by Gasteiger charge is -2.14. The van der Waals surface area contributed by atoms with E-state index in [2.05, 4.69) is 165 Å². The standard InChI is InChI=1S/C46H33N3/c1-32-44(37-19-10-4-11-20-37)48-46(49-45(32)38-21-12-5-13-22-38)40-24-14-23-39(29-40)33-25-27-34(28-26-33)41-30-42(35-15-6-2-7-16-35)47-43(31-41)36-17-8-3-9-18-36/h2-31H,1H3. The molecule has 232 valence electrons. The van der Waals surface area contributed by atoms with Crippen LogP contribution in [-0.2, 0) is 0 Å². The lowest BCUT2D eigenvalue weighted by atomic mass is 9.97. The summed E-state index contributed by atoms with van der Waals surface area (Å²) in [6, 6.07) is 63.2. The Morgan fingerprint density at radius 1 is 0.286 bits per heavy atom. The monoisotopic (exact) mass is 627 g/mol. The Balaban J connectivity index is 1.17. The van der Waals surface area contributed by atoms with Crippen LogP contribution in [0.4, 0.5) is 0 Å². The largest absolute Gasteiger partial charge is 0.248 e. The maximum absolute atomic E-state index is 5.14. The summed E-state index contributed by atoms with van der Waals surface area (Å²) in [6.07, 6.45) is 0. The van der Waals surface area contributed by atoms with Gasteiger partial charge in [0, 0.05) is 33.4 Å². The first-order valence-electron chi connectivity index (χ1n) is 16.5. The zero-order valence-corrected chi connectivity index (χ0v) is 27.2. The predicted octanol–water partition coefficient (Wildman–Crippen LogP) is 11.8. The fourth-order valence-electron chi connectivity index (χ4n) is 6.30. The molecule has 0 N–H and O–H groups in total. The van der Waals surface area contributed by atoms with Crippen molar-refractivity contribution in [1.82, 2.24) is 15.0 Å². The zero-order chi connectivity index (χ0) is 33.0. The van der Waals surface area contributed by atoms with Crippen molar-refractivity contribution in [3.63, 3.8) is 0 Å². The van der Waals surface area contributed by atoms with Crippen molar-refractivity contribution in [3.8, 4) is 78.7 Å². The minimum Gasteiger partial charge on any atom is -0.248 e. The van der Waals surface area contributed by atoms with E-state index in [1.54, 1.807) is 0 Å². The lowest BCUT2D eigenvalue weighted by Crippen LogP contribution is -2.00. The first kappa shape index (κ1) is 29.9. The molecule has 0 fully saturated rings. The normalized spacial score (nSPS) is 11.0. The molecule has 6 aromatic carbocycles. The summed E-state index contributed by atoms with van der Waals surface area (Å²) in [5.41, 5.74) is 14.7. The number of aromatic nitrogens is 3. The first-order valence-corrected chi connectivity index (χ1v) is 16.5. The Hall–Kier alpha value is -6.45. The third kappa shape index (κ3) is 6.30. The van der Waals surface area contributed by atoms with Gasteiger partial charge < -0.3 is 0 Å². The Morgan fingerprint density at radius 3 is 1.14 bits per heavy atom. The molecule has 0 spiro atoms. The van der Waals surface area contributed by atoms with Crippen molar-refractivity contribution in [1.29, 1.82) is 0 Å². The van der Waals surface area contributed by atoms with E-state index in [-0.39, 0.29) is 0 Å². The summed E-state index contributed by atoms with van der Waals surface area (Å²) >= 11 is 0. The second-order valence-electron chi connectivity index (χ2n) is 12.1. The van der Waals surface area contributed by atoms with E-state index < -0.39 is 0 Å². The van der Waals surface area contributed by atoms with Crippen LogP contribution in [0, 0.1) is 6.92 Å². The van der Waals surface area contributed by atoms with Crippen LogP contribution >= 0.6 is 0 Å². The minimum absolute atomic E-state index is 0.709. The molecule has 8 rings (SSSR count). The van der Waals surface area contributed by atoms with Gasteiger partial charge >= 0.3 is 0 Å². The number of nitrogens with zero attached hydrogens (tertiary/aromatic N) is 3. The predicted molar refractivity (Wildman–Crippen MR) is 203 cm³/mol. The quantitative estimate of drug-likeness (QED) is 0.176. The number of hydrogen-bond acceptors (Lipinski definition) is 3. The van der Waals surface area contributed by atoms with Crippen molar-refractivity contribution in [2.45, 2.75) is 6.92 Å². The van der Waals surface area contributed by atoms with E-state index in [4.69, 9.17) is 15.0 Å². The summed E-state index contributed by atoms with van der Waals surface area (Å²) in [7, 11) is 0. The molecule has 0 bridgehead atoms. The Kier molecular flexibility index (Phi) is 8.15. The SMILES string of the molecule is Cc1c(-c2ccccc2)nc(-c2cccc(-c3ccc(-c4cc(-c5ccccc5)nc(-c5ccccc5)c4)cc3)c2)nc1-c1ccccc1. The second kappa shape index (κ2) is 13.3. The lowest BCUT2D eigenvalue weighted by molar-refractivity contribution is 1.15. The molecule has 0 saturated heterocycles. The number of pyridine rings is 1. The van der Waals surface area contributed by atoms with Crippen LogP contribution in [-0.4, -0.2) is 15.0 Å². The fraction of sp³-hybridized carbons (Fsp3) is 0.0217. The van der Waals surface area contributed by atoms with Crippen molar-refractivity contribution in [3.05, 3.63) is 188 Å². The molecule has 3 nitrogen and oxygen atoms in total. The summed E-state index contributed by atoms with van der Waals surface area (Å²) in [4.78, 5) is 15.3. The van der Waals surface area contributed by atoms with Gasteiger partial charge in [-0.2, -0.15) is 0 Å². The number of benzene rings is 6. The van der Waals surface area contributed by atoms with E-state index in [0.717, 1.165) is 78.4 Å². The van der Waals surface area contributed by atoms with E-state index in [9.17, 15) is 0 Å². The van der Waals surface area contributed by atoms with Gasteiger partial charge in [0.1, 0.15) is 0 Å². The minimum atomic E-state index is 0.709. The van der Waals surface area contributed by atoms with Gasteiger partial charge in [0.05, 0.1) is 22.8 Å². The Bertz CT molecular complexity index is 2230. The number of hydrogen-bond donors (Lipinski definition) is 0. The molecular formula is C46H33N3. The van der Waals surface area contributed by atoms with Crippen LogP contribution in [0.5, 0.6) is 0 Å². The maximum Gasteiger partial charge on any atom is 0.160 e. The van der Waals surface area contributed by atoms with E-state index in [0.29, 0.717) is 5.82 Å². The molecule has 2 heterocycles. The van der Waals surface area contributed by atoms with Crippen LogP contribution in [0.1, 0.15) is 5.56 Å². The van der Waals surface area contributed by atoms with Gasteiger partial charge in [-0.15, -0.1) is 0 Å². The maximum atomic E-state index is 5.14. The summed E-state index contributed by atoms with van der Waals surface area (Å²) in [6.45, 7) is 2.11. The highest BCUT2D eigenvalue weighted by Gasteiger charge is 2.16. The molecule has 0 unspecified atom stereocenters. The van der Waals surface area contributed by atoms with Crippen molar-refractivity contribution < 1.29 is 0 Å². The topological polar surface area (TPSA) is 38.7 Å². The van der Waals surface area contributed by atoms with Gasteiger partial charge in [-0.05, 0) is 47.4 Å². The highest BCUT2D eigenvalue weighted by Crippen LogP contribution is 2.35. The second-order valence-corrected chi connectivity index (χ2v) is 12.1. The van der Waals surface area contributed by atoms with Gasteiger partial charge in [-0.3, -0.25) is 0 Å². The van der Waals surface area contributed by atoms with Gasteiger partial charge in [0.2, 0.25) is 0 Å². The molecule has 49 heavy (non-hydrogen) atoms. The van der Waals surface area contributed by atoms with E-state index >= 15 is 0 Å². The average molecular weight is 628 g/mol. The van der Waals surface area contributed by atoms with Gasteiger partial charge in [0.15, 0.2) is 5.82 Å². The van der Waals surface area contributed by atoms with E-state index in [1.165, 1.54) is 0 Å².